The van der Waals surface area contributed by atoms with Gasteiger partial charge in [-0.3, -0.25) is 9.59 Å². The SMILES string of the molecule is Cc1ccc(-c2cncnc2)cc1C1C(=O)[C@@H]2CC[C@@H](C2)C1=O. The maximum Gasteiger partial charge on any atom is 0.150 e. The Hall–Kier alpha value is -2.36. The third-order valence-corrected chi connectivity index (χ3v) is 5.29. The zero-order valence-corrected chi connectivity index (χ0v) is 13.0. The Kier molecular flexibility index (Phi) is 3.33. The molecule has 0 radical (unpaired) electrons. The predicted molar refractivity (Wildman–Crippen MR) is 85.8 cm³/mol. The summed E-state index contributed by atoms with van der Waals surface area (Å²) in [5, 5.41) is 0. The van der Waals surface area contributed by atoms with Gasteiger partial charge in [0.05, 0.1) is 0 Å². The normalized spacial score (nSPS) is 26.6. The van der Waals surface area contributed by atoms with Gasteiger partial charge in [0.2, 0.25) is 0 Å². The zero-order chi connectivity index (χ0) is 16.0. The highest BCUT2D eigenvalue weighted by molar-refractivity contribution is 6.12. The first-order valence-corrected chi connectivity index (χ1v) is 8.08. The summed E-state index contributed by atoms with van der Waals surface area (Å²) >= 11 is 0. The molecule has 0 saturated heterocycles. The lowest BCUT2D eigenvalue weighted by molar-refractivity contribution is -0.135. The summed E-state index contributed by atoms with van der Waals surface area (Å²) in [7, 11) is 0. The minimum absolute atomic E-state index is 0.0748. The topological polar surface area (TPSA) is 59.9 Å². The number of Topliss-reactive ketones (excluding diaryl/α,β-unsaturated/α-hetero) is 2. The Morgan fingerprint density at radius 2 is 1.61 bits per heavy atom. The van der Waals surface area contributed by atoms with E-state index in [0.29, 0.717) is 0 Å². The van der Waals surface area contributed by atoms with Crippen molar-refractivity contribution in [2.45, 2.75) is 32.1 Å². The number of fused-ring (bicyclic) bond motifs is 2. The fourth-order valence-corrected chi connectivity index (χ4v) is 4.00. The average Bonchev–Trinajstić information content (AvgIpc) is 3.03. The molecule has 1 aromatic carbocycles. The Labute approximate surface area is 135 Å². The van der Waals surface area contributed by atoms with Crippen LogP contribution in [0.3, 0.4) is 0 Å². The molecule has 1 heterocycles. The van der Waals surface area contributed by atoms with Crippen molar-refractivity contribution in [1.29, 1.82) is 0 Å². The molecule has 2 saturated carbocycles. The first kappa shape index (κ1) is 14.2. The molecule has 0 aliphatic heterocycles. The summed E-state index contributed by atoms with van der Waals surface area (Å²) in [6, 6.07) is 5.94. The van der Waals surface area contributed by atoms with Crippen molar-refractivity contribution in [2.24, 2.45) is 11.8 Å². The lowest BCUT2D eigenvalue weighted by atomic mass is 9.74. The number of benzene rings is 1. The molecule has 2 bridgehead atoms. The predicted octanol–water partition coefficient (Wildman–Crippen LogP) is 3.10. The molecule has 4 rings (SSSR count). The lowest BCUT2D eigenvalue weighted by Gasteiger charge is -2.27. The smallest absolute Gasteiger partial charge is 0.150 e. The molecule has 4 heteroatoms. The van der Waals surface area contributed by atoms with Crippen LogP contribution >= 0.6 is 0 Å². The van der Waals surface area contributed by atoms with Crippen molar-refractivity contribution in [1.82, 2.24) is 9.97 Å². The Balaban J connectivity index is 1.79. The fourth-order valence-electron chi connectivity index (χ4n) is 4.00. The van der Waals surface area contributed by atoms with Crippen LogP contribution in [-0.2, 0) is 9.59 Å². The van der Waals surface area contributed by atoms with Gasteiger partial charge >= 0.3 is 0 Å². The first-order valence-electron chi connectivity index (χ1n) is 8.08. The largest absolute Gasteiger partial charge is 0.298 e. The van der Waals surface area contributed by atoms with Gasteiger partial charge in [0.15, 0.2) is 11.6 Å². The van der Waals surface area contributed by atoms with Gasteiger partial charge in [-0.2, -0.15) is 0 Å². The molecular weight excluding hydrogens is 288 g/mol. The molecule has 116 valence electrons. The molecule has 2 aliphatic carbocycles. The molecule has 4 nitrogen and oxygen atoms in total. The van der Waals surface area contributed by atoms with Crippen molar-refractivity contribution < 1.29 is 9.59 Å². The number of aryl methyl sites for hydroxylation is 1. The fraction of sp³-hybridized carbons (Fsp3) is 0.368. The van der Waals surface area contributed by atoms with E-state index < -0.39 is 5.92 Å². The van der Waals surface area contributed by atoms with Crippen molar-refractivity contribution in [3.63, 3.8) is 0 Å². The van der Waals surface area contributed by atoms with Crippen LogP contribution in [0.4, 0.5) is 0 Å². The van der Waals surface area contributed by atoms with E-state index >= 15 is 0 Å². The number of hydrogen-bond donors (Lipinski definition) is 0. The van der Waals surface area contributed by atoms with Crippen molar-refractivity contribution in [2.75, 3.05) is 0 Å². The molecule has 0 spiro atoms. The summed E-state index contributed by atoms with van der Waals surface area (Å²) < 4.78 is 0. The second-order valence-electron chi connectivity index (χ2n) is 6.64. The third kappa shape index (κ3) is 2.29. The third-order valence-electron chi connectivity index (χ3n) is 5.29. The maximum atomic E-state index is 12.7. The van der Waals surface area contributed by atoms with E-state index in [9.17, 15) is 9.59 Å². The molecule has 1 aromatic heterocycles. The van der Waals surface area contributed by atoms with Crippen LogP contribution in [0.2, 0.25) is 0 Å². The Bertz CT molecular complexity index is 763. The van der Waals surface area contributed by atoms with Crippen LogP contribution in [0.5, 0.6) is 0 Å². The number of carbonyl (C=O) groups is 2. The first-order chi connectivity index (χ1) is 11.1. The van der Waals surface area contributed by atoms with Gasteiger partial charge in [0, 0.05) is 29.8 Å². The minimum atomic E-state index is -0.578. The number of rotatable bonds is 2. The van der Waals surface area contributed by atoms with Gasteiger partial charge < -0.3 is 0 Å². The number of hydrogen-bond acceptors (Lipinski definition) is 4. The zero-order valence-electron chi connectivity index (χ0n) is 13.0. The van der Waals surface area contributed by atoms with Gasteiger partial charge in [-0.15, -0.1) is 0 Å². The molecule has 2 aromatic rings. The number of nitrogens with zero attached hydrogens (tertiary/aromatic N) is 2. The van der Waals surface area contributed by atoms with E-state index in [-0.39, 0.29) is 23.4 Å². The van der Waals surface area contributed by atoms with Crippen LogP contribution in [0.25, 0.3) is 11.1 Å². The van der Waals surface area contributed by atoms with Crippen LogP contribution in [0.1, 0.15) is 36.3 Å². The van der Waals surface area contributed by atoms with E-state index in [2.05, 4.69) is 9.97 Å². The van der Waals surface area contributed by atoms with Crippen LogP contribution in [0, 0.1) is 18.8 Å². The molecule has 23 heavy (non-hydrogen) atoms. The molecule has 2 aliphatic rings. The lowest BCUT2D eigenvalue weighted by Crippen LogP contribution is -2.35. The van der Waals surface area contributed by atoms with Crippen molar-refractivity contribution >= 4 is 11.6 Å². The van der Waals surface area contributed by atoms with Crippen LogP contribution < -0.4 is 0 Å². The number of ketones is 2. The summed E-state index contributed by atoms with van der Waals surface area (Å²) in [5.41, 5.74) is 3.70. The highest BCUT2D eigenvalue weighted by Crippen LogP contribution is 2.44. The molecule has 0 N–H and O–H groups in total. The van der Waals surface area contributed by atoms with E-state index in [0.717, 1.165) is 41.5 Å². The highest BCUT2D eigenvalue weighted by Gasteiger charge is 2.47. The second-order valence-corrected chi connectivity index (χ2v) is 6.64. The Morgan fingerprint density at radius 3 is 2.26 bits per heavy atom. The van der Waals surface area contributed by atoms with Crippen LogP contribution in [0.15, 0.2) is 36.9 Å². The summed E-state index contributed by atoms with van der Waals surface area (Å²) in [5.74, 6) is -0.191. The number of carbonyl (C=O) groups excluding carboxylic acids is 2. The minimum Gasteiger partial charge on any atom is -0.298 e. The summed E-state index contributed by atoms with van der Waals surface area (Å²) in [6.07, 6.45) is 7.49. The van der Waals surface area contributed by atoms with Crippen LogP contribution in [-0.4, -0.2) is 21.5 Å². The molecule has 0 amide bonds. The van der Waals surface area contributed by atoms with Crippen molar-refractivity contribution in [3.8, 4) is 11.1 Å². The summed E-state index contributed by atoms with van der Waals surface area (Å²) in [4.78, 5) is 33.6. The average molecular weight is 306 g/mol. The quantitative estimate of drug-likeness (QED) is 0.800. The Morgan fingerprint density at radius 1 is 0.957 bits per heavy atom. The second kappa shape index (κ2) is 5.37. The maximum absolute atomic E-state index is 12.7. The highest BCUT2D eigenvalue weighted by atomic mass is 16.2. The van der Waals surface area contributed by atoms with E-state index in [1.807, 2.05) is 25.1 Å². The molecule has 1 unspecified atom stereocenters. The van der Waals surface area contributed by atoms with Gasteiger partial charge in [-0.1, -0.05) is 12.1 Å². The molecule has 2 fully saturated rings. The molecular formula is C19H18N2O2. The van der Waals surface area contributed by atoms with Gasteiger partial charge in [0.25, 0.3) is 0 Å². The van der Waals surface area contributed by atoms with E-state index in [1.54, 1.807) is 12.4 Å². The van der Waals surface area contributed by atoms with E-state index in [4.69, 9.17) is 0 Å². The van der Waals surface area contributed by atoms with Gasteiger partial charge in [-0.05, 0) is 48.9 Å². The molecule has 3 atom stereocenters. The van der Waals surface area contributed by atoms with E-state index in [1.165, 1.54) is 6.33 Å². The standard InChI is InChI=1S/C19H18N2O2/c1-11-2-3-12(15-8-20-10-21-9-15)7-16(11)17-18(22)13-4-5-14(6-13)19(17)23/h2-3,7-10,13-14,17H,4-6H2,1H3/t13-,14+,17?. The number of aromatic nitrogens is 2. The monoisotopic (exact) mass is 306 g/mol. The van der Waals surface area contributed by atoms with Gasteiger partial charge in [-0.25, -0.2) is 9.97 Å². The summed E-state index contributed by atoms with van der Waals surface area (Å²) in [6.45, 7) is 1.97. The van der Waals surface area contributed by atoms with Gasteiger partial charge in [0.1, 0.15) is 12.2 Å². The van der Waals surface area contributed by atoms with Crippen molar-refractivity contribution in [3.05, 3.63) is 48.0 Å².